The predicted molar refractivity (Wildman–Crippen MR) is 106 cm³/mol. The summed E-state index contributed by atoms with van der Waals surface area (Å²) in [6.07, 6.45) is 6.45. The number of likely N-dealkylation sites (tertiary alicyclic amines) is 2. The fourth-order valence-corrected chi connectivity index (χ4v) is 4.24. The topological polar surface area (TPSA) is 74.8 Å². The first kappa shape index (κ1) is 20.7. The van der Waals surface area contributed by atoms with Gasteiger partial charge in [0.05, 0.1) is 31.7 Å². The van der Waals surface area contributed by atoms with Crippen LogP contribution in [0.4, 0.5) is 0 Å². The highest BCUT2D eigenvalue weighted by atomic mass is 16.5. The highest BCUT2D eigenvalue weighted by molar-refractivity contribution is 5.78. The quantitative estimate of drug-likeness (QED) is 0.713. The number of carbonyl (C=O) groups excluding carboxylic acids is 2. The molecule has 154 valence electrons. The van der Waals surface area contributed by atoms with Crippen molar-refractivity contribution in [3.05, 3.63) is 30.1 Å². The van der Waals surface area contributed by atoms with Gasteiger partial charge in [-0.1, -0.05) is 6.07 Å². The number of carbonyl (C=O) groups is 2. The molecule has 1 amide bonds. The van der Waals surface area contributed by atoms with Crippen molar-refractivity contribution in [2.24, 2.45) is 5.92 Å². The fourth-order valence-electron chi connectivity index (χ4n) is 4.24. The summed E-state index contributed by atoms with van der Waals surface area (Å²) >= 11 is 0. The van der Waals surface area contributed by atoms with Crippen LogP contribution in [0.5, 0.6) is 0 Å². The summed E-state index contributed by atoms with van der Waals surface area (Å²) in [6, 6.07) is 6.29. The van der Waals surface area contributed by atoms with Gasteiger partial charge in [-0.15, -0.1) is 0 Å². The molecule has 0 spiro atoms. The Bertz CT molecular complexity index is 632. The van der Waals surface area contributed by atoms with Crippen LogP contribution < -0.4 is 5.32 Å². The van der Waals surface area contributed by atoms with Crippen LogP contribution in [-0.4, -0.2) is 72.5 Å². The van der Waals surface area contributed by atoms with Crippen LogP contribution in [0, 0.1) is 5.92 Å². The van der Waals surface area contributed by atoms with Crippen LogP contribution in [0.25, 0.3) is 0 Å². The minimum absolute atomic E-state index is 0.0646. The maximum Gasteiger partial charge on any atom is 0.306 e. The number of rotatable bonds is 7. The molecular formula is C21H32N4O3. The van der Waals surface area contributed by atoms with Gasteiger partial charge in [0.15, 0.2) is 0 Å². The zero-order valence-electron chi connectivity index (χ0n) is 16.8. The van der Waals surface area contributed by atoms with Crippen LogP contribution in [0.15, 0.2) is 24.4 Å². The average molecular weight is 389 g/mol. The molecule has 1 aromatic rings. The van der Waals surface area contributed by atoms with Gasteiger partial charge in [0.1, 0.15) is 0 Å². The molecule has 2 saturated heterocycles. The van der Waals surface area contributed by atoms with Crippen molar-refractivity contribution in [1.82, 2.24) is 20.1 Å². The molecule has 0 saturated carbocycles. The molecule has 7 heteroatoms. The van der Waals surface area contributed by atoms with Crippen molar-refractivity contribution in [2.75, 3.05) is 39.8 Å². The van der Waals surface area contributed by atoms with Crippen LogP contribution in [0.3, 0.4) is 0 Å². The lowest BCUT2D eigenvalue weighted by molar-refractivity contribution is -0.141. The summed E-state index contributed by atoms with van der Waals surface area (Å²) < 4.78 is 4.72. The lowest BCUT2D eigenvalue weighted by atomic mass is 9.93. The van der Waals surface area contributed by atoms with Crippen LogP contribution in [0.1, 0.15) is 37.8 Å². The van der Waals surface area contributed by atoms with E-state index in [1.165, 1.54) is 7.11 Å². The van der Waals surface area contributed by atoms with Gasteiger partial charge in [-0.25, -0.2) is 0 Å². The van der Waals surface area contributed by atoms with Gasteiger partial charge in [-0.05, 0) is 57.5 Å². The van der Waals surface area contributed by atoms with E-state index < -0.39 is 0 Å². The lowest BCUT2D eigenvalue weighted by Gasteiger charge is -2.42. The van der Waals surface area contributed by atoms with Gasteiger partial charge in [-0.3, -0.25) is 19.5 Å². The number of esters is 1. The van der Waals surface area contributed by atoms with Crippen molar-refractivity contribution < 1.29 is 14.3 Å². The standard InChI is InChI=1S/C21H32N4O3/c1-28-20(26)9-14-24-12-7-19(8-13-24)25-11-4-5-17(16-25)21(27)23-15-18-6-2-3-10-22-18/h2-3,6,10,17,19H,4-5,7-9,11-16H2,1H3,(H,23,27). The summed E-state index contributed by atoms with van der Waals surface area (Å²) in [5, 5.41) is 3.05. The third-order valence-electron chi connectivity index (χ3n) is 5.93. The third-order valence-corrected chi connectivity index (χ3v) is 5.93. The normalized spacial score (nSPS) is 22.0. The SMILES string of the molecule is COC(=O)CCN1CCC(N2CCCC(C(=O)NCc3ccccn3)C2)CC1. The van der Waals surface area contributed by atoms with Gasteiger partial charge >= 0.3 is 5.97 Å². The Morgan fingerprint density at radius 1 is 1.21 bits per heavy atom. The van der Waals surface area contributed by atoms with E-state index in [0.717, 1.165) is 64.1 Å². The Morgan fingerprint density at radius 3 is 2.75 bits per heavy atom. The van der Waals surface area contributed by atoms with E-state index in [2.05, 4.69) is 20.1 Å². The molecule has 1 aromatic heterocycles. The number of piperidine rings is 2. The Labute approximate surface area is 167 Å². The maximum atomic E-state index is 12.6. The monoisotopic (exact) mass is 388 g/mol. The van der Waals surface area contributed by atoms with E-state index in [1.807, 2.05) is 18.2 Å². The maximum absolute atomic E-state index is 12.6. The Kier molecular flexibility index (Phi) is 7.80. The molecular weight excluding hydrogens is 356 g/mol. The molecule has 0 aliphatic carbocycles. The number of hydrogen-bond acceptors (Lipinski definition) is 6. The molecule has 3 rings (SSSR count). The van der Waals surface area contributed by atoms with Crippen LogP contribution >= 0.6 is 0 Å². The van der Waals surface area contributed by atoms with Gasteiger partial charge < -0.3 is 15.0 Å². The first-order valence-electron chi connectivity index (χ1n) is 10.4. The minimum atomic E-state index is -0.141. The summed E-state index contributed by atoms with van der Waals surface area (Å²) in [7, 11) is 1.44. The first-order valence-corrected chi connectivity index (χ1v) is 10.4. The van der Waals surface area contributed by atoms with Crippen LogP contribution in [-0.2, 0) is 20.9 Å². The summed E-state index contributed by atoms with van der Waals surface area (Å²) in [6.45, 7) is 5.22. The van der Waals surface area contributed by atoms with Crippen molar-refractivity contribution in [2.45, 2.75) is 44.7 Å². The van der Waals surface area contributed by atoms with Gasteiger partial charge in [-0.2, -0.15) is 0 Å². The van der Waals surface area contributed by atoms with Crippen molar-refractivity contribution >= 4 is 11.9 Å². The van der Waals surface area contributed by atoms with Gasteiger partial charge in [0.2, 0.25) is 5.91 Å². The zero-order chi connectivity index (χ0) is 19.8. The van der Waals surface area contributed by atoms with Crippen molar-refractivity contribution in [3.63, 3.8) is 0 Å². The van der Waals surface area contributed by atoms with E-state index in [-0.39, 0.29) is 17.8 Å². The summed E-state index contributed by atoms with van der Waals surface area (Å²) in [4.78, 5) is 33.0. The van der Waals surface area contributed by atoms with Crippen LogP contribution in [0.2, 0.25) is 0 Å². The Hall–Kier alpha value is -1.99. The molecule has 0 radical (unpaired) electrons. The van der Waals surface area contributed by atoms with Crippen molar-refractivity contribution in [1.29, 1.82) is 0 Å². The second-order valence-electron chi connectivity index (χ2n) is 7.77. The smallest absolute Gasteiger partial charge is 0.306 e. The molecule has 2 aliphatic heterocycles. The number of pyridine rings is 1. The Balaban J connectivity index is 1.41. The molecule has 0 aromatic carbocycles. The van der Waals surface area contributed by atoms with Gasteiger partial charge in [0.25, 0.3) is 0 Å². The number of nitrogens with one attached hydrogen (secondary N) is 1. The fraction of sp³-hybridized carbons (Fsp3) is 0.667. The molecule has 2 fully saturated rings. The molecule has 2 aliphatic rings. The highest BCUT2D eigenvalue weighted by Gasteiger charge is 2.31. The molecule has 1 unspecified atom stereocenters. The van der Waals surface area contributed by atoms with E-state index in [1.54, 1.807) is 6.20 Å². The second kappa shape index (κ2) is 10.5. The summed E-state index contributed by atoms with van der Waals surface area (Å²) in [5.74, 6) is 0.0680. The molecule has 3 heterocycles. The number of ether oxygens (including phenoxy) is 1. The molecule has 1 atom stereocenters. The number of amides is 1. The predicted octanol–water partition coefficient (Wildman–Crippen LogP) is 1.44. The zero-order valence-corrected chi connectivity index (χ0v) is 16.8. The Morgan fingerprint density at radius 2 is 2.04 bits per heavy atom. The largest absolute Gasteiger partial charge is 0.469 e. The van der Waals surface area contributed by atoms with E-state index in [9.17, 15) is 9.59 Å². The average Bonchev–Trinajstić information content (AvgIpc) is 2.77. The number of hydrogen-bond donors (Lipinski definition) is 1. The van der Waals surface area contributed by atoms with Crippen molar-refractivity contribution in [3.8, 4) is 0 Å². The molecule has 1 N–H and O–H groups in total. The third kappa shape index (κ3) is 6.01. The van der Waals surface area contributed by atoms with Gasteiger partial charge in [0, 0.05) is 25.3 Å². The minimum Gasteiger partial charge on any atom is -0.469 e. The van der Waals surface area contributed by atoms with E-state index in [4.69, 9.17) is 4.74 Å². The van der Waals surface area contributed by atoms with E-state index >= 15 is 0 Å². The molecule has 0 bridgehead atoms. The first-order chi connectivity index (χ1) is 13.7. The van der Waals surface area contributed by atoms with E-state index in [0.29, 0.717) is 19.0 Å². The number of methoxy groups -OCH3 is 1. The highest BCUT2D eigenvalue weighted by Crippen LogP contribution is 2.24. The molecule has 28 heavy (non-hydrogen) atoms. The molecule has 7 nitrogen and oxygen atoms in total. The number of nitrogens with zero attached hydrogens (tertiary/aromatic N) is 3. The summed E-state index contributed by atoms with van der Waals surface area (Å²) in [5.41, 5.74) is 0.892. The number of aromatic nitrogens is 1. The lowest BCUT2D eigenvalue weighted by Crippen LogP contribution is -2.50. The second-order valence-corrected chi connectivity index (χ2v) is 7.77.